The first-order valence-corrected chi connectivity index (χ1v) is 7.06. The molecule has 3 aromatic rings. The number of hydrogen-bond acceptors (Lipinski definition) is 4. The summed E-state index contributed by atoms with van der Waals surface area (Å²) >= 11 is 0. The van der Waals surface area contributed by atoms with Crippen LogP contribution in [0.2, 0.25) is 0 Å². The first-order valence-electron chi connectivity index (χ1n) is 7.06. The molecule has 1 aromatic heterocycles. The summed E-state index contributed by atoms with van der Waals surface area (Å²) in [5.74, 6) is -6.26. The molecule has 0 aliphatic rings. The van der Waals surface area contributed by atoms with Crippen molar-refractivity contribution in [3.8, 4) is 22.8 Å². The summed E-state index contributed by atoms with van der Waals surface area (Å²) in [5.41, 5.74) is -0.798. The van der Waals surface area contributed by atoms with Crippen molar-refractivity contribution in [1.82, 2.24) is 4.98 Å². The van der Waals surface area contributed by atoms with Gasteiger partial charge in [-0.15, -0.1) is 0 Å². The molecule has 1 heterocycles. The van der Waals surface area contributed by atoms with Crippen LogP contribution in [-0.4, -0.2) is 21.0 Å². The molecule has 0 saturated carbocycles. The molecule has 7 heteroatoms. The van der Waals surface area contributed by atoms with Gasteiger partial charge in [-0.1, -0.05) is 12.1 Å². The number of aromatic hydroxyl groups is 2. The molecular formula is C18H10F3NO3. The first kappa shape index (κ1) is 16.5. The molecule has 3 rings (SSSR count). The van der Waals surface area contributed by atoms with E-state index in [-0.39, 0.29) is 17.0 Å². The number of pyridine rings is 1. The number of phenols is 2. The van der Waals surface area contributed by atoms with Crippen molar-refractivity contribution in [2.75, 3.05) is 0 Å². The second kappa shape index (κ2) is 6.27. The molecular weight excluding hydrogens is 335 g/mol. The molecule has 0 bridgehead atoms. The summed E-state index contributed by atoms with van der Waals surface area (Å²) in [6.07, 6.45) is 0. The number of benzene rings is 2. The topological polar surface area (TPSA) is 70.4 Å². The second-order valence-electron chi connectivity index (χ2n) is 5.13. The fourth-order valence-corrected chi connectivity index (χ4v) is 2.28. The summed E-state index contributed by atoms with van der Waals surface area (Å²) in [6, 6.07) is 9.64. The lowest BCUT2D eigenvalue weighted by atomic mass is 10.0. The number of hydrogen-bond donors (Lipinski definition) is 2. The molecule has 0 unspecified atom stereocenters. The van der Waals surface area contributed by atoms with Crippen molar-refractivity contribution >= 4 is 5.78 Å². The normalized spacial score (nSPS) is 10.7. The number of carbonyl (C=O) groups excluding carboxylic acids is 1. The number of halogens is 3. The van der Waals surface area contributed by atoms with Gasteiger partial charge in [0.15, 0.2) is 29.0 Å². The molecule has 126 valence electrons. The fraction of sp³-hybridized carbons (Fsp3) is 0. The Hall–Kier alpha value is -3.35. The van der Waals surface area contributed by atoms with E-state index >= 15 is 0 Å². The number of rotatable bonds is 3. The Labute approximate surface area is 139 Å². The lowest BCUT2D eigenvalue weighted by molar-refractivity contribution is 0.102. The summed E-state index contributed by atoms with van der Waals surface area (Å²) in [6.45, 7) is 0. The van der Waals surface area contributed by atoms with Crippen molar-refractivity contribution in [1.29, 1.82) is 0 Å². The van der Waals surface area contributed by atoms with Gasteiger partial charge in [-0.2, -0.15) is 0 Å². The highest BCUT2D eigenvalue weighted by Crippen LogP contribution is 2.28. The molecule has 0 radical (unpaired) electrons. The zero-order valence-corrected chi connectivity index (χ0v) is 12.5. The van der Waals surface area contributed by atoms with E-state index in [1.165, 1.54) is 30.3 Å². The van der Waals surface area contributed by atoms with Crippen molar-refractivity contribution in [3.63, 3.8) is 0 Å². The Morgan fingerprint density at radius 1 is 0.880 bits per heavy atom. The molecule has 0 fully saturated rings. The van der Waals surface area contributed by atoms with Crippen LogP contribution in [0.15, 0.2) is 48.5 Å². The molecule has 2 aromatic carbocycles. The number of phenolic OH excluding ortho intramolecular Hbond substituents is 2. The largest absolute Gasteiger partial charge is 0.505 e. The summed E-state index contributed by atoms with van der Waals surface area (Å²) in [7, 11) is 0. The van der Waals surface area contributed by atoms with Crippen LogP contribution in [0.1, 0.15) is 16.1 Å². The molecule has 0 aliphatic heterocycles. The van der Waals surface area contributed by atoms with Crippen LogP contribution >= 0.6 is 0 Å². The summed E-state index contributed by atoms with van der Waals surface area (Å²) < 4.78 is 41.0. The van der Waals surface area contributed by atoms with E-state index in [0.29, 0.717) is 0 Å². The highest BCUT2D eigenvalue weighted by molar-refractivity contribution is 6.08. The number of nitrogens with zero attached hydrogens (tertiary/aromatic N) is 1. The van der Waals surface area contributed by atoms with Gasteiger partial charge in [-0.25, -0.2) is 18.2 Å². The summed E-state index contributed by atoms with van der Waals surface area (Å²) in [5, 5.41) is 18.7. The molecule has 2 N–H and O–H groups in total. The quantitative estimate of drug-likeness (QED) is 0.708. The zero-order valence-electron chi connectivity index (χ0n) is 12.5. The van der Waals surface area contributed by atoms with Crippen molar-refractivity contribution in [2.45, 2.75) is 0 Å². The maximum absolute atomic E-state index is 14.0. The predicted molar refractivity (Wildman–Crippen MR) is 82.8 cm³/mol. The third-order valence-corrected chi connectivity index (χ3v) is 3.55. The summed E-state index contributed by atoms with van der Waals surface area (Å²) in [4.78, 5) is 16.4. The first-order chi connectivity index (χ1) is 11.9. The Kier molecular flexibility index (Phi) is 4.14. The molecule has 0 amide bonds. The second-order valence-corrected chi connectivity index (χ2v) is 5.13. The molecule has 0 aliphatic carbocycles. The maximum atomic E-state index is 14.0. The van der Waals surface area contributed by atoms with E-state index in [0.717, 1.165) is 18.2 Å². The third kappa shape index (κ3) is 2.91. The standard InChI is InChI=1S/C18H10F3NO3/c19-11-8-7-10(16(21)18(11)25)17(24)13-5-2-4-12(22-13)9-3-1-6-14(23)15(9)20/h1-8,23,25H. The van der Waals surface area contributed by atoms with Crippen molar-refractivity contribution < 1.29 is 28.2 Å². The Morgan fingerprint density at radius 3 is 2.36 bits per heavy atom. The van der Waals surface area contributed by atoms with Crippen LogP contribution in [0.4, 0.5) is 13.2 Å². The monoisotopic (exact) mass is 345 g/mol. The average molecular weight is 345 g/mol. The van der Waals surface area contributed by atoms with E-state index in [1.54, 1.807) is 0 Å². The van der Waals surface area contributed by atoms with Gasteiger partial charge < -0.3 is 10.2 Å². The highest BCUT2D eigenvalue weighted by atomic mass is 19.1. The maximum Gasteiger partial charge on any atom is 0.214 e. The Bertz CT molecular complexity index is 989. The van der Waals surface area contributed by atoms with Crippen molar-refractivity contribution in [3.05, 3.63) is 77.2 Å². The lowest BCUT2D eigenvalue weighted by Crippen LogP contribution is -2.08. The Morgan fingerprint density at radius 2 is 1.60 bits per heavy atom. The van der Waals surface area contributed by atoms with Crippen LogP contribution in [0.3, 0.4) is 0 Å². The van der Waals surface area contributed by atoms with Crippen LogP contribution in [0.25, 0.3) is 11.3 Å². The van der Waals surface area contributed by atoms with E-state index in [1.807, 2.05) is 0 Å². The van der Waals surface area contributed by atoms with Gasteiger partial charge in [0, 0.05) is 5.56 Å². The highest BCUT2D eigenvalue weighted by Gasteiger charge is 2.21. The fourth-order valence-electron chi connectivity index (χ4n) is 2.28. The van der Waals surface area contributed by atoms with Gasteiger partial charge in [0.1, 0.15) is 5.69 Å². The Balaban J connectivity index is 2.07. The van der Waals surface area contributed by atoms with Crippen LogP contribution in [-0.2, 0) is 0 Å². The minimum absolute atomic E-state index is 0.0444. The van der Waals surface area contributed by atoms with Gasteiger partial charge in [-0.3, -0.25) is 4.79 Å². The average Bonchev–Trinajstić information content (AvgIpc) is 2.62. The van der Waals surface area contributed by atoms with Crippen LogP contribution < -0.4 is 0 Å². The molecule has 0 saturated heterocycles. The van der Waals surface area contributed by atoms with Gasteiger partial charge in [0.25, 0.3) is 0 Å². The van der Waals surface area contributed by atoms with E-state index in [4.69, 9.17) is 0 Å². The van der Waals surface area contributed by atoms with E-state index in [9.17, 15) is 28.2 Å². The predicted octanol–water partition coefficient (Wildman–Crippen LogP) is 3.81. The molecule has 0 spiro atoms. The van der Waals surface area contributed by atoms with Crippen LogP contribution in [0, 0.1) is 17.5 Å². The molecule has 25 heavy (non-hydrogen) atoms. The van der Waals surface area contributed by atoms with Gasteiger partial charge in [0.05, 0.1) is 11.3 Å². The number of aromatic nitrogens is 1. The van der Waals surface area contributed by atoms with E-state index < -0.39 is 40.3 Å². The smallest absolute Gasteiger partial charge is 0.214 e. The zero-order chi connectivity index (χ0) is 18.1. The van der Waals surface area contributed by atoms with Crippen LogP contribution in [0.5, 0.6) is 11.5 Å². The van der Waals surface area contributed by atoms with Gasteiger partial charge >= 0.3 is 0 Å². The lowest BCUT2D eigenvalue weighted by Gasteiger charge is -2.07. The van der Waals surface area contributed by atoms with Crippen molar-refractivity contribution in [2.24, 2.45) is 0 Å². The third-order valence-electron chi connectivity index (χ3n) is 3.55. The number of ketones is 1. The number of carbonyl (C=O) groups is 1. The minimum Gasteiger partial charge on any atom is -0.505 e. The SMILES string of the molecule is O=C(c1cccc(-c2cccc(O)c2F)n1)c1ccc(F)c(O)c1F. The van der Waals surface area contributed by atoms with Gasteiger partial charge in [0.2, 0.25) is 5.78 Å². The molecule has 0 atom stereocenters. The van der Waals surface area contributed by atoms with Gasteiger partial charge in [-0.05, 0) is 36.4 Å². The molecule has 4 nitrogen and oxygen atoms in total. The minimum atomic E-state index is -1.40. The van der Waals surface area contributed by atoms with E-state index in [2.05, 4.69) is 4.98 Å².